The fraction of sp³-hybridized carbons (Fsp3) is 1.00. The Morgan fingerprint density at radius 3 is 0.909 bits per heavy atom. The summed E-state index contributed by atoms with van der Waals surface area (Å²) in [6, 6.07) is 0. The maximum Gasteiger partial charge on any atom is 2.00 e. The van der Waals surface area contributed by atoms with Crippen molar-refractivity contribution in [1.82, 2.24) is 0 Å². The van der Waals surface area contributed by atoms with E-state index in [1.807, 2.05) is 27.7 Å². The number of hydrogen-bond donors (Lipinski definition) is 0. The monoisotopic (exact) mass is 186 g/mol. The third kappa shape index (κ3) is 35.1. The molecule has 0 radical (unpaired) electrons. The molecule has 0 unspecified atom stereocenters. The molecule has 0 saturated carbocycles. The smallest absolute Gasteiger partial charge is 0.854 e. The summed E-state index contributed by atoms with van der Waals surface area (Å²) in [5.74, 6) is 0.657. The predicted molar refractivity (Wildman–Crippen MR) is 45.2 cm³/mol. The summed E-state index contributed by atoms with van der Waals surface area (Å²) in [6.45, 7) is 7.75. The van der Waals surface area contributed by atoms with Crippen LogP contribution >= 0.6 is 0 Å². The Labute approximate surface area is 100 Å². The molecule has 0 aliphatic carbocycles. The van der Waals surface area contributed by atoms with Gasteiger partial charge in [0.15, 0.2) is 0 Å². The van der Waals surface area contributed by atoms with Gasteiger partial charge in [-0.3, -0.25) is 0 Å². The van der Waals surface area contributed by atoms with Gasteiger partial charge in [0.1, 0.15) is 0 Å². The van der Waals surface area contributed by atoms with E-state index >= 15 is 0 Å². The molecule has 0 saturated heterocycles. The molecule has 0 aliphatic heterocycles. The molecule has 0 rings (SSSR count). The van der Waals surface area contributed by atoms with Crippen molar-refractivity contribution in [2.24, 2.45) is 11.8 Å². The Morgan fingerprint density at radius 1 is 0.818 bits per heavy atom. The third-order valence-electron chi connectivity index (χ3n) is 0.667. The largest absolute Gasteiger partial charge is 2.00 e. The molecule has 2 nitrogen and oxygen atoms in total. The molecule has 64 valence electrons. The van der Waals surface area contributed by atoms with E-state index in [2.05, 4.69) is 0 Å². The van der Waals surface area contributed by atoms with Crippen molar-refractivity contribution < 1.29 is 10.2 Å². The molecule has 0 amide bonds. The topological polar surface area (TPSA) is 46.1 Å². The zero-order chi connectivity index (χ0) is 8.57. The molecular weight excluding hydrogens is 168 g/mol. The molecule has 0 spiro atoms. The van der Waals surface area contributed by atoms with E-state index in [-0.39, 0.29) is 51.0 Å². The van der Waals surface area contributed by atoms with Crippen LogP contribution in [0.4, 0.5) is 0 Å². The molecule has 0 bridgehead atoms. The summed E-state index contributed by atoms with van der Waals surface area (Å²) in [6.07, 6.45) is 0. The first-order valence-electron chi connectivity index (χ1n) is 3.70. The fourth-order valence-corrected chi connectivity index (χ4v) is 0. The van der Waals surface area contributed by atoms with Crippen LogP contribution < -0.4 is 10.2 Å². The summed E-state index contributed by atoms with van der Waals surface area (Å²) < 4.78 is 0. The summed E-state index contributed by atoms with van der Waals surface area (Å²) in [7, 11) is 0. The maximum atomic E-state index is 9.63. The van der Waals surface area contributed by atoms with Crippen LogP contribution in [0.3, 0.4) is 0 Å². The maximum absolute atomic E-state index is 9.63. The second-order valence-electron chi connectivity index (χ2n) is 3.12. The van der Waals surface area contributed by atoms with Crippen molar-refractivity contribution in [2.75, 3.05) is 13.2 Å². The van der Waals surface area contributed by atoms with Crippen molar-refractivity contribution in [1.29, 1.82) is 0 Å². The van der Waals surface area contributed by atoms with Crippen molar-refractivity contribution >= 4 is 37.7 Å². The van der Waals surface area contributed by atoms with E-state index in [0.29, 0.717) is 11.8 Å². The minimum atomic E-state index is 0. The molecule has 0 N–H and O–H groups in total. The van der Waals surface area contributed by atoms with Crippen LogP contribution in [0.25, 0.3) is 0 Å². The SMILES string of the molecule is CC(C)C[O-].CC(C)C[O-].[Ca+2]. The average Bonchev–Trinajstić information content (AvgIpc) is 1.89. The van der Waals surface area contributed by atoms with Gasteiger partial charge >= 0.3 is 37.7 Å². The Kier molecular flexibility index (Phi) is 22.6. The second kappa shape index (κ2) is 13.7. The summed E-state index contributed by atoms with van der Waals surface area (Å²) >= 11 is 0. The van der Waals surface area contributed by atoms with Crippen molar-refractivity contribution in [3.63, 3.8) is 0 Å². The standard InChI is InChI=1S/2C4H9O.Ca/c2*1-4(2)3-5;/h2*4H,3H2,1-2H3;/q2*-1;+2. The molecule has 0 aromatic rings. The predicted octanol–water partition coefficient (Wildman–Crippen LogP) is -0.375. The van der Waals surface area contributed by atoms with Gasteiger partial charge in [0, 0.05) is 0 Å². The van der Waals surface area contributed by atoms with E-state index in [1.165, 1.54) is 0 Å². The minimum Gasteiger partial charge on any atom is -0.854 e. The normalized spacial score (nSPS) is 8.73. The van der Waals surface area contributed by atoms with Crippen molar-refractivity contribution in [2.45, 2.75) is 27.7 Å². The molecule has 0 aromatic heterocycles. The van der Waals surface area contributed by atoms with Gasteiger partial charge in [-0.2, -0.15) is 0 Å². The van der Waals surface area contributed by atoms with E-state index in [1.54, 1.807) is 0 Å². The van der Waals surface area contributed by atoms with Gasteiger partial charge in [0.05, 0.1) is 0 Å². The van der Waals surface area contributed by atoms with Crippen LogP contribution in [0.15, 0.2) is 0 Å². The van der Waals surface area contributed by atoms with Gasteiger partial charge in [-0.1, -0.05) is 39.5 Å². The van der Waals surface area contributed by atoms with Crippen LogP contribution in [0.5, 0.6) is 0 Å². The van der Waals surface area contributed by atoms with Gasteiger partial charge in [-0.05, 0) is 0 Å². The molecule has 0 aromatic carbocycles. The summed E-state index contributed by atoms with van der Waals surface area (Å²) in [5, 5.41) is 19.3. The molecule has 0 heterocycles. The Morgan fingerprint density at radius 2 is 0.909 bits per heavy atom. The van der Waals surface area contributed by atoms with E-state index < -0.39 is 0 Å². The van der Waals surface area contributed by atoms with Gasteiger partial charge in [0.2, 0.25) is 0 Å². The van der Waals surface area contributed by atoms with Crippen molar-refractivity contribution in [3.8, 4) is 0 Å². The number of hydrogen-bond acceptors (Lipinski definition) is 2. The average molecular weight is 186 g/mol. The van der Waals surface area contributed by atoms with E-state index in [0.717, 1.165) is 0 Å². The first kappa shape index (κ1) is 18.1. The van der Waals surface area contributed by atoms with E-state index in [9.17, 15) is 10.2 Å². The minimum absolute atomic E-state index is 0. The Bertz CT molecular complexity index is 48.1. The van der Waals surface area contributed by atoms with Gasteiger partial charge in [-0.25, -0.2) is 0 Å². The Balaban J connectivity index is -0.000000107. The summed E-state index contributed by atoms with van der Waals surface area (Å²) in [5.41, 5.74) is 0. The molecule has 11 heavy (non-hydrogen) atoms. The zero-order valence-corrected chi connectivity index (χ0v) is 10.3. The first-order valence-corrected chi connectivity index (χ1v) is 3.70. The zero-order valence-electron chi connectivity index (χ0n) is 8.09. The van der Waals surface area contributed by atoms with Crippen LogP contribution in [-0.4, -0.2) is 51.0 Å². The summed E-state index contributed by atoms with van der Waals surface area (Å²) in [4.78, 5) is 0. The van der Waals surface area contributed by atoms with Crippen LogP contribution in [0.1, 0.15) is 27.7 Å². The quantitative estimate of drug-likeness (QED) is 0.552. The molecule has 0 atom stereocenters. The van der Waals surface area contributed by atoms with Crippen molar-refractivity contribution in [3.05, 3.63) is 0 Å². The number of rotatable bonds is 2. The second-order valence-corrected chi connectivity index (χ2v) is 3.12. The van der Waals surface area contributed by atoms with Gasteiger partial charge < -0.3 is 10.2 Å². The Hall–Kier alpha value is 1.18. The van der Waals surface area contributed by atoms with Crippen LogP contribution in [0.2, 0.25) is 0 Å². The van der Waals surface area contributed by atoms with Crippen LogP contribution in [0, 0.1) is 11.8 Å². The van der Waals surface area contributed by atoms with Gasteiger partial charge in [0.25, 0.3) is 0 Å². The molecule has 0 aliphatic rings. The third-order valence-corrected chi connectivity index (χ3v) is 0.667. The fourth-order valence-electron chi connectivity index (χ4n) is 0. The molecule has 0 fully saturated rings. The van der Waals surface area contributed by atoms with E-state index in [4.69, 9.17) is 0 Å². The molecular formula is C8H18CaO2. The first-order chi connectivity index (χ1) is 4.54. The molecule has 3 heteroatoms. The van der Waals surface area contributed by atoms with Gasteiger partial charge in [-0.15, -0.1) is 13.2 Å². The van der Waals surface area contributed by atoms with Crippen LogP contribution in [-0.2, 0) is 0 Å².